The van der Waals surface area contributed by atoms with Crippen molar-refractivity contribution in [3.05, 3.63) is 63.4 Å². The van der Waals surface area contributed by atoms with Crippen LogP contribution in [0.15, 0.2) is 52.2 Å². The van der Waals surface area contributed by atoms with Gasteiger partial charge in [-0.15, -0.1) is 0 Å². The number of carbonyl (C=O) groups is 1. The first kappa shape index (κ1) is 25.9. The average Bonchev–Trinajstić information content (AvgIpc) is 3.13. The van der Waals surface area contributed by atoms with Crippen LogP contribution < -0.4 is 20.9 Å². The fourth-order valence-electron chi connectivity index (χ4n) is 3.51. The lowest BCUT2D eigenvalue weighted by Gasteiger charge is -2.24. The van der Waals surface area contributed by atoms with E-state index in [1.165, 1.54) is 23.8 Å². The van der Waals surface area contributed by atoms with Gasteiger partial charge in [-0.1, -0.05) is 25.1 Å². The van der Waals surface area contributed by atoms with E-state index in [9.17, 15) is 18.9 Å². The molecule has 0 aliphatic carbocycles. The molecule has 1 aliphatic rings. The van der Waals surface area contributed by atoms with Crippen molar-refractivity contribution >= 4 is 13.7 Å². The molecule has 1 aromatic heterocycles. The molecule has 12 heteroatoms. The molecule has 2 heterocycles. The Labute approximate surface area is 197 Å². The lowest BCUT2D eigenvalue weighted by atomic mass is 10.1. The Morgan fingerprint density at radius 3 is 2.59 bits per heavy atom. The first-order valence-corrected chi connectivity index (χ1v) is 12.5. The predicted molar refractivity (Wildman–Crippen MR) is 123 cm³/mol. The number of nitrogens with zero attached hydrogens (tertiary/aromatic N) is 1. The zero-order valence-electron chi connectivity index (χ0n) is 19.5. The van der Waals surface area contributed by atoms with Gasteiger partial charge in [0.25, 0.3) is 5.56 Å². The second-order valence-corrected chi connectivity index (χ2v) is 10.1. The number of benzene rings is 1. The van der Waals surface area contributed by atoms with Crippen molar-refractivity contribution in [1.29, 1.82) is 0 Å². The predicted octanol–water partition coefficient (Wildman–Crippen LogP) is 2.59. The fraction of sp³-hybridized carbons (Fsp3) is 0.500. The van der Waals surface area contributed by atoms with Crippen LogP contribution in [0.2, 0.25) is 0 Å². The SMILES string of the molecule is CC(C)OC(=O)[C@H](C)NP(=O)(OC[C@@H]1C[C@H](C)[C@H](n2ccc(=O)[nH]c2=O)O1)Oc1ccccc1. The fourth-order valence-corrected chi connectivity index (χ4v) is 5.03. The maximum atomic E-state index is 13.6. The van der Waals surface area contributed by atoms with Crippen LogP contribution in [-0.2, 0) is 23.4 Å². The van der Waals surface area contributed by atoms with E-state index in [0.29, 0.717) is 12.2 Å². The summed E-state index contributed by atoms with van der Waals surface area (Å²) in [6, 6.07) is 8.71. The van der Waals surface area contributed by atoms with Gasteiger partial charge in [-0.2, -0.15) is 5.09 Å². The van der Waals surface area contributed by atoms with E-state index in [0.717, 1.165) is 0 Å². The summed E-state index contributed by atoms with van der Waals surface area (Å²) in [5, 5.41) is 2.63. The third kappa shape index (κ3) is 6.89. The monoisotopic (exact) mass is 495 g/mol. The number of nitrogens with one attached hydrogen (secondary N) is 2. The highest BCUT2D eigenvalue weighted by molar-refractivity contribution is 7.52. The van der Waals surface area contributed by atoms with Crippen LogP contribution in [0.4, 0.5) is 0 Å². The van der Waals surface area contributed by atoms with Gasteiger partial charge in [-0.25, -0.2) is 9.36 Å². The maximum absolute atomic E-state index is 13.6. The Morgan fingerprint density at radius 1 is 1.24 bits per heavy atom. The number of esters is 1. The summed E-state index contributed by atoms with van der Waals surface area (Å²) in [5.74, 6) is -0.389. The molecule has 2 aromatic rings. The van der Waals surface area contributed by atoms with Gasteiger partial charge in [-0.3, -0.25) is 23.7 Å². The number of rotatable bonds is 10. The molecule has 1 saturated heterocycles. The highest BCUT2D eigenvalue weighted by Crippen LogP contribution is 2.46. The van der Waals surface area contributed by atoms with Crippen molar-refractivity contribution < 1.29 is 27.9 Å². The number of H-pyrrole nitrogens is 1. The number of carbonyl (C=O) groups excluding carboxylic acids is 1. The molecule has 0 amide bonds. The van der Waals surface area contributed by atoms with Gasteiger partial charge in [0, 0.05) is 18.2 Å². The largest absolute Gasteiger partial charge is 0.462 e. The van der Waals surface area contributed by atoms with Crippen LogP contribution in [-0.4, -0.2) is 40.4 Å². The summed E-state index contributed by atoms with van der Waals surface area (Å²) >= 11 is 0. The third-order valence-corrected chi connectivity index (χ3v) is 6.68. The third-order valence-electron chi connectivity index (χ3n) is 5.04. The summed E-state index contributed by atoms with van der Waals surface area (Å²) in [6.45, 7) is 6.70. The number of hydrogen-bond acceptors (Lipinski definition) is 8. The highest BCUT2D eigenvalue weighted by atomic mass is 31.2. The van der Waals surface area contributed by atoms with E-state index < -0.39 is 43.3 Å². The van der Waals surface area contributed by atoms with Crippen LogP contribution >= 0.6 is 7.75 Å². The summed E-state index contributed by atoms with van der Waals surface area (Å²) < 4.78 is 37.3. The van der Waals surface area contributed by atoms with Gasteiger partial charge < -0.3 is 14.0 Å². The molecular weight excluding hydrogens is 465 g/mol. The molecule has 0 spiro atoms. The van der Waals surface area contributed by atoms with Gasteiger partial charge in [0.2, 0.25) is 0 Å². The Bertz CT molecular complexity index is 1130. The lowest BCUT2D eigenvalue weighted by Crippen LogP contribution is -2.36. The summed E-state index contributed by atoms with van der Waals surface area (Å²) in [4.78, 5) is 37.9. The van der Waals surface area contributed by atoms with E-state index in [1.54, 1.807) is 44.2 Å². The lowest BCUT2D eigenvalue weighted by molar-refractivity contribution is -0.149. The maximum Gasteiger partial charge on any atom is 0.459 e. The van der Waals surface area contributed by atoms with Crippen molar-refractivity contribution in [2.45, 2.75) is 58.6 Å². The Balaban J connectivity index is 1.71. The molecule has 1 aromatic carbocycles. The molecule has 3 rings (SSSR count). The topological polar surface area (TPSA) is 138 Å². The second-order valence-electron chi connectivity index (χ2n) is 8.41. The molecule has 34 heavy (non-hydrogen) atoms. The second kappa shape index (κ2) is 11.1. The Hall–Kier alpha value is -2.72. The van der Waals surface area contributed by atoms with Gasteiger partial charge in [-0.05, 0) is 39.3 Å². The van der Waals surface area contributed by atoms with Crippen LogP contribution in [0.3, 0.4) is 0 Å². The van der Waals surface area contributed by atoms with Crippen molar-refractivity contribution in [2.24, 2.45) is 5.92 Å². The molecule has 11 nitrogen and oxygen atoms in total. The quantitative estimate of drug-likeness (QED) is 0.376. The van der Waals surface area contributed by atoms with Crippen molar-refractivity contribution in [2.75, 3.05) is 6.61 Å². The first-order valence-electron chi connectivity index (χ1n) is 11.0. The van der Waals surface area contributed by atoms with Gasteiger partial charge in [0.05, 0.1) is 18.8 Å². The van der Waals surface area contributed by atoms with Crippen LogP contribution in [0.5, 0.6) is 5.75 Å². The van der Waals surface area contributed by atoms with E-state index >= 15 is 0 Å². The average molecular weight is 495 g/mol. The first-order chi connectivity index (χ1) is 16.1. The number of ether oxygens (including phenoxy) is 2. The molecule has 1 unspecified atom stereocenters. The zero-order chi connectivity index (χ0) is 24.9. The van der Waals surface area contributed by atoms with Gasteiger partial charge >= 0.3 is 19.4 Å². The van der Waals surface area contributed by atoms with Crippen LogP contribution in [0.1, 0.15) is 40.3 Å². The van der Waals surface area contributed by atoms with Crippen LogP contribution in [0.25, 0.3) is 0 Å². The standard InChI is InChI=1S/C22H30N3O8P/c1-14(2)31-21(27)16(4)24-34(29,33-17-8-6-5-7-9-17)30-13-18-12-15(3)20(32-18)25-11-10-19(26)23-22(25)28/h5-11,14-16,18,20H,12-13H2,1-4H3,(H,24,29)(H,23,26,28)/t15-,16-,18-,20+,34?/m0/s1. The number of hydrogen-bond donors (Lipinski definition) is 2. The summed E-state index contributed by atoms with van der Waals surface area (Å²) in [7, 11) is -4.02. The molecule has 2 N–H and O–H groups in total. The smallest absolute Gasteiger partial charge is 0.459 e. The van der Waals surface area contributed by atoms with Crippen molar-refractivity contribution in [3.8, 4) is 5.75 Å². The van der Waals surface area contributed by atoms with E-state index in [4.69, 9.17) is 18.5 Å². The van der Waals surface area contributed by atoms with E-state index in [2.05, 4.69) is 10.1 Å². The Kier molecular flexibility index (Phi) is 8.48. The molecular formula is C22H30N3O8P. The van der Waals surface area contributed by atoms with Gasteiger partial charge in [0.1, 0.15) is 18.0 Å². The minimum absolute atomic E-state index is 0.0838. The summed E-state index contributed by atoms with van der Waals surface area (Å²) in [6.07, 6.45) is 0.408. The van der Waals surface area contributed by atoms with Crippen molar-refractivity contribution in [1.82, 2.24) is 14.6 Å². The van der Waals surface area contributed by atoms with E-state index in [-0.39, 0.29) is 18.6 Å². The summed E-state index contributed by atoms with van der Waals surface area (Å²) in [5.41, 5.74) is -1.08. The Morgan fingerprint density at radius 2 is 1.94 bits per heavy atom. The van der Waals surface area contributed by atoms with Crippen LogP contribution in [0, 0.1) is 5.92 Å². The molecule has 0 saturated carbocycles. The zero-order valence-corrected chi connectivity index (χ0v) is 20.4. The molecule has 1 fully saturated rings. The molecule has 5 atom stereocenters. The molecule has 0 bridgehead atoms. The van der Waals surface area contributed by atoms with Crippen molar-refractivity contribution in [3.63, 3.8) is 0 Å². The normalized spacial score (nSPS) is 22.8. The number of aromatic nitrogens is 2. The van der Waals surface area contributed by atoms with E-state index in [1.807, 2.05) is 6.92 Å². The highest BCUT2D eigenvalue weighted by Gasteiger charge is 2.38. The number of aromatic amines is 1. The minimum Gasteiger partial charge on any atom is -0.462 e. The van der Waals surface area contributed by atoms with Gasteiger partial charge in [0.15, 0.2) is 0 Å². The minimum atomic E-state index is -4.02. The number of para-hydroxylation sites is 1. The molecule has 1 aliphatic heterocycles. The molecule has 0 radical (unpaired) electrons. The molecule has 186 valence electrons.